The summed E-state index contributed by atoms with van der Waals surface area (Å²) in [6.07, 6.45) is 0.140. The number of halogens is 1. The van der Waals surface area contributed by atoms with Crippen LogP contribution in [0, 0.1) is 0 Å². The maximum absolute atomic E-state index is 10.3. The summed E-state index contributed by atoms with van der Waals surface area (Å²) in [6.45, 7) is 4.66. The number of nitrogens with zero attached hydrogens (tertiary/aromatic N) is 2. The Morgan fingerprint density at radius 1 is 1.25 bits per heavy atom. The molecule has 0 saturated heterocycles. The highest BCUT2D eigenvalue weighted by atomic mass is 35.5. The summed E-state index contributed by atoms with van der Waals surface area (Å²) in [7, 11) is 0. The third-order valence-corrected chi connectivity index (χ3v) is 4.82. The van der Waals surface area contributed by atoms with Gasteiger partial charge >= 0.3 is 0 Å². The predicted molar refractivity (Wildman–Crippen MR) is 112 cm³/mol. The van der Waals surface area contributed by atoms with Gasteiger partial charge in [0.1, 0.15) is 6.10 Å². The summed E-state index contributed by atoms with van der Waals surface area (Å²) in [6, 6.07) is 17.9. The quantitative estimate of drug-likeness (QED) is 0.657. The van der Waals surface area contributed by atoms with Crippen molar-refractivity contribution in [2.24, 2.45) is 5.16 Å². The Morgan fingerprint density at radius 3 is 2.82 bits per heavy atom. The van der Waals surface area contributed by atoms with E-state index in [1.54, 1.807) is 0 Å². The number of rotatable bonds is 10. The number of hydrogen-bond acceptors (Lipinski definition) is 5. The van der Waals surface area contributed by atoms with Gasteiger partial charge in [0.2, 0.25) is 0 Å². The standard InChI is InChI=1S/C22H27ClN2O3/c1-2-27-16-20(26)14-25(13-17-7-6-10-19(23)11-17)15-21-12-22(24-28-21)18-8-4-3-5-9-18/h3-11,20-21,26H,2,12-16H2,1H3/t20-,21-/m0/s1. The highest BCUT2D eigenvalue weighted by Crippen LogP contribution is 2.19. The third kappa shape index (κ3) is 6.31. The number of aliphatic hydroxyl groups excluding tert-OH is 1. The lowest BCUT2D eigenvalue weighted by atomic mass is 10.0. The summed E-state index contributed by atoms with van der Waals surface area (Å²) >= 11 is 6.13. The van der Waals surface area contributed by atoms with Crippen molar-refractivity contribution in [2.75, 3.05) is 26.3 Å². The number of ether oxygens (including phenoxy) is 1. The number of hydrogen-bond donors (Lipinski definition) is 1. The van der Waals surface area contributed by atoms with E-state index in [2.05, 4.69) is 10.1 Å². The molecular weight excluding hydrogens is 376 g/mol. The molecule has 28 heavy (non-hydrogen) atoms. The van der Waals surface area contributed by atoms with Crippen LogP contribution in [-0.4, -0.2) is 54.2 Å². The largest absolute Gasteiger partial charge is 0.390 e. The first-order chi connectivity index (χ1) is 13.6. The van der Waals surface area contributed by atoms with Gasteiger partial charge in [-0.3, -0.25) is 4.90 Å². The molecule has 0 saturated carbocycles. The van der Waals surface area contributed by atoms with E-state index in [4.69, 9.17) is 21.2 Å². The maximum Gasteiger partial charge on any atom is 0.145 e. The van der Waals surface area contributed by atoms with Crippen molar-refractivity contribution in [3.63, 3.8) is 0 Å². The van der Waals surface area contributed by atoms with Gasteiger partial charge in [-0.2, -0.15) is 0 Å². The van der Waals surface area contributed by atoms with Crippen molar-refractivity contribution in [3.05, 3.63) is 70.7 Å². The Labute approximate surface area is 171 Å². The fourth-order valence-corrected chi connectivity index (χ4v) is 3.53. The molecule has 1 aliphatic rings. The van der Waals surface area contributed by atoms with E-state index in [9.17, 15) is 5.11 Å². The first kappa shape index (κ1) is 20.8. The van der Waals surface area contributed by atoms with E-state index >= 15 is 0 Å². The van der Waals surface area contributed by atoms with E-state index in [0.29, 0.717) is 37.9 Å². The molecule has 6 heteroatoms. The van der Waals surface area contributed by atoms with Gasteiger partial charge in [-0.15, -0.1) is 0 Å². The molecule has 0 amide bonds. The number of aliphatic hydroxyl groups is 1. The van der Waals surface area contributed by atoms with Crippen molar-refractivity contribution >= 4 is 17.3 Å². The Kier molecular flexibility index (Phi) is 7.86. The number of benzene rings is 2. The van der Waals surface area contributed by atoms with Gasteiger partial charge < -0.3 is 14.7 Å². The Balaban J connectivity index is 1.62. The van der Waals surface area contributed by atoms with Crippen molar-refractivity contribution in [1.82, 2.24) is 4.90 Å². The average Bonchev–Trinajstić information content (AvgIpc) is 3.15. The first-order valence-corrected chi connectivity index (χ1v) is 10.0. The van der Waals surface area contributed by atoms with Crippen LogP contribution in [0.2, 0.25) is 5.02 Å². The maximum atomic E-state index is 10.3. The van der Waals surface area contributed by atoms with Crippen LogP contribution in [0.15, 0.2) is 59.8 Å². The lowest BCUT2D eigenvalue weighted by Crippen LogP contribution is -2.39. The zero-order chi connectivity index (χ0) is 19.8. The smallest absolute Gasteiger partial charge is 0.145 e. The van der Waals surface area contributed by atoms with Gasteiger partial charge in [-0.1, -0.05) is 59.2 Å². The van der Waals surface area contributed by atoms with E-state index in [0.717, 1.165) is 23.3 Å². The molecule has 0 radical (unpaired) electrons. The van der Waals surface area contributed by atoms with Gasteiger partial charge in [0.05, 0.1) is 18.4 Å². The topological polar surface area (TPSA) is 54.3 Å². The highest BCUT2D eigenvalue weighted by molar-refractivity contribution is 6.30. The van der Waals surface area contributed by atoms with E-state index in [1.165, 1.54) is 0 Å². The molecule has 0 aromatic heterocycles. The fourth-order valence-electron chi connectivity index (χ4n) is 3.32. The van der Waals surface area contributed by atoms with Crippen molar-refractivity contribution in [3.8, 4) is 0 Å². The minimum Gasteiger partial charge on any atom is -0.390 e. The molecule has 1 N–H and O–H groups in total. The molecule has 1 heterocycles. The van der Waals surface area contributed by atoms with E-state index in [-0.39, 0.29) is 6.10 Å². The summed E-state index contributed by atoms with van der Waals surface area (Å²) < 4.78 is 5.36. The van der Waals surface area contributed by atoms with Crippen molar-refractivity contribution in [2.45, 2.75) is 32.1 Å². The van der Waals surface area contributed by atoms with Crippen molar-refractivity contribution < 1.29 is 14.7 Å². The molecule has 5 nitrogen and oxygen atoms in total. The molecule has 0 unspecified atom stereocenters. The normalized spacial score (nSPS) is 17.4. The van der Waals surface area contributed by atoms with Gasteiger partial charge in [-0.25, -0.2) is 0 Å². The van der Waals surface area contributed by atoms with Gasteiger partial charge in [-0.05, 0) is 30.2 Å². The Hall–Kier alpha value is -1.92. The van der Waals surface area contributed by atoms with Gasteiger partial charge in [0.25, 0.3) is 0 Å². The zero-order valence-electron chi connectivity index (χ0n) is 16.1. The first-order valence-electron chi connectivity index (χ1n) is 9.64. The minimum atomic E-state index is -0.560. The minimum absolute atomic E-state index is 0.0475. The molecule has 1 aliphatic heterocycles. The van der Waals surface area contributed by atoms with Crippen LogP contribution >= 0.6 is 11.6 Å². The second-order valence-electron chi connectivity index (χ2n) is 6.97. The molecule has 0 aliphatic carbocycles. The summed E-state index contributed by atoms with van der Waals surface area (Å²) in [5.41, 5.74) is 3.14. The van der Waals surface area contributed by atoms with E-state index in [1.807, 2.05) is 61.5 Å². The lowest BCUT2D eigenvalue weighted by molar-refractivity contribution is 0.000496. The Morgan fingerprint density at radius 2 is 2.07 bits per heavy atom. The molecule has 0 spiro atoms. The molecule has 2 aromatic carbocycles. The van der Waals surface area contributed by atoms with Gasteiger partial charge in [0, 0.05) is 37.7 Å². The summed E-state index contributed by atoms with van der Waals surface area (Å²) in [4.78, 5) is 7.85. The van der Waals surface area contributed by atoms with E-state index < -0.39 is 6.10 Å². The molecule has 0 fully saturated rings. The third-order valence-electron chi connectivity index (χ3n) is 4.58. The molecule has 2 atom stereocenters. The van der Waals surface area contributed by atoms with Crippen LogP contribution in [0.1, 0.15) is 24.5 Å². The zero-order valence-corrected chi connectivity index (χ0v) is 16.9. The molecule has 0 bridgehead atoms. The molecular formula is C22H27ClN2O3. The monoisotopic (exact) mass is 402 g/mol. The van der Waals surface area contributed by atoms with Crippen LogP contribution < -0.4 is 0 Å². The second-order valence-corrected chi connectivity index (χ2v) is 7.41. The second kappa shape index (κ2) is 10.6. The lowest BCUT2D eigenvalue weighted by Gasteiger charge is -2.27. The van der Waals surface area contributed by atoms with Crippen molar-refractivity contribution in [1.29, 1.82) is 0 Å². The molecule has 2 aromatic rings. The van der Waals surface area contributed by atoms with Crippen LogP contribution in [0.3, 0.4) is 0 Å². The molecule has 3 rings (SSSR count). The Bertz CT molecular complexity index is 769. The summed E-state index contributed by atoms with van der Waals surface area (Å²) in [5, 5.41) is 15.3. The average molecular weight is 403 g/mol. The SMILES string of the molecule is CCOC[C@@H](O)CN(Cc1cccc(Cl)c1)C[C@@H]1CC(c2ccccc2)=NO1. The van der Waals surface area contributed by atoms with Crippen LogP contribution in [0.5, 0.6) is 0 Å². The number of oxime groups is 1. The molecule has 150 valence electrons. The van der Waals surface area contributed by atoms with Crippen LogP contribution in [0.25, 0.3) is 0 Å². The fraction of sp³-hybridized carbons (Fsp3) is 0.409. The van der Waals surface area contributed by atoms with Crippen LogP contribution in [-0.2, 0) is 16.1 Å². The van der Waals surface area contributed by atoms with Crippen LogP contribution in [0.4, 0.5) is 0 Å². The summed E-state index contributed by atoms with van der Waals surface area (Å²) in [5.74, 6) is 0. The predicted octanol–water partition coefficient (Wildman–Crippen LogP) is 3.73. The highest BCUT2D eigenvalue weighted by Gasteiger charge is 2.25. The van der Waals surface area contributed by atoms with Gasteiger partial charge in [0.15, 0.2) is 0 Å².